The molecule has 1 heterocycles. The SMILES string of the molecule is CCOC(=O)c1cnc(C#N)c(CN)c1C(F)F. The van der Waals surface area contributed by atoms with Gasteiger partial charge in [0.05, 0.1) is 12.2 Å². The molecular weight excluding hydrogens is 244 g/mol. The topological polar surface area (TPSA) is 89.0 Å². The van der Waals surface area contributed by atoms with Crippen molar-refractivity contribution in [3.63, 3.8) is 0 Å². The molecule has 0 unspecified atom stereocenters. The summed E-state index contributed by atoms with van der Waals surface area (Å²) >= 11 is 0. The molecule has 0 amide bonds. The summed E-state index contributed by atoms with van der Waals surface area (Å²) in [5.41, 5.74) is 4.06. The summed E-state index contributed by atoms with van der Waals surface area (Å²) in [5.74, 6) is -0.903. The molecule has 96 valence electrons. The van der Waals surface area contributed by atoms with Gasteiger partial charge in [0.1, 0.15) is 11.8 Å². The van der Waals surface area contributed by atoms with Crippen LogP contribution in [0.1, 0.15) is 40.5 Å². The highest BCUT2D eigenvalue weighted by Crippen LogP contribution is 2.28. The molecule has 1 rings (SSSR count). The van der Waals surface area contributed by atoms with E-state index in [0.717, 1.165) is 6.20 Å². The van der Waals surface area contributed by atoms with Crippen LogP contribution in [0.4, 0.5) is 8.78 Å². The number of nitrogens with two attached hydrogens (primary N) is 1. The van der Waals surface area contributed by atoms with Crippen LogP contribution in [0.2, 0.25) is 0 Å². The molecule has 0 saturated heterocycles. The van der Waals surface area contributed by atoms with E-state index in [1.165, 1.54) is 0 Å². The maximum atomic E-state index is 13.0. The highest BCUT2D eigenvalue weighted by Gasteiger charge is 2.25. The van der Waals surface area contributed by atoms with E-state index in [1.54, 1.807) is 13.0 Å². The lowest BCUT2D eigenvalue weighted by atomic mass is 10.0. The van der Waals surface area contributed by atoms with E-state index >= 15 is 0 Å². The summed E-state index contributed by atoms with van der Waals surface area (Å²) < 4.78 is 30.6. The summed E-state index contributed by atoms with van der Waals surface area (Å²) in [6.45, 7) is 1.31. The van der Waals surface area contributed by atoms with E-state index in [1.807, 2.05) is 0 Å². The third kappa shape index (κ3) is 2.60. The number of carbonyl (C=O) groups excluding carboxylic acids is 1. The molecule has 0 fully saturated rings. The third-order valence-corrected chi connectivity index (χ3v) is 2.25. The second-order valence-corrected chi connectivity index (χ2v) is 3.25. The normalized spacial score (nSPS) is 10.2. The maximum absolute atomic E-state index is 13.0. The minimum atomic E-state index is -2.93. The maximum Gasteiger partial charge on any atom is 0.340 e. The minimum Gasteiger partial charge on any atom is -0.462 e. The summed E-state index contributed by atoms with van der Waals surface area (Å²) in [6.07, 6.45) is -2.02. The second kappa shape index (κ2) is 6.02. The third-order valence-electron chi connectivity index (χ3n) is 2.25. The number of aromatic nitrogens is 1. The summed E-state index contributed by atoms with van der Waals surface area (Å²) in [7, 11) is 0. The number of pyridine rings is 1. The van der Waals surface area contributed by atoms with Crippen LogP contribution in [0, 0.1) is 11.3 Å². The van der Waals surface area contributed by atoms with Gasteiger partial charge in [-0.25, -0.2) is 18.6 Å². The Balaban J connectivity index is 3.45. The van der Waals surface area contributed by atoms with Crippen molar-refractivity contribution in [1.29, 1.82) is 5.26 Å². The Morgan fingerprint density at radius 3 is 2.78 bits per heavy atom. The summed E-state index contributed by atoms with van der Waals surface area (Å²) in [5, 5.41) is 8.76. The average Bonchev–Trinajstić information content (AvgIpc) is 2.36. The van der Waals surface area contributed by atoms with Crippen LogP contribution >= 0.6 is 0 Å². The van der Waals surface area contributed by atoms with Gasteiger partial charge in [0.25, 0.3) is 6.43 Å². The molecule has 7 heteroatoms. The molecule has 18 heavy (non-hydrogen) atoms. The van der Waals surface area contributed by atoms with E-state index in [2.05, 4.69) is 9.72 Å². The lowest BCUT2D eigenvalue weighted by Gasteiger charge is -2.12. The zero-order chi connectivity index (χ0) is 13.7. The molecule has 0 spiro atoms. The molecule has 1 aromatic heterocycles. The van der Waals surface area contributed by atoms with Crippen LogP contribution in [-0.4, -0.2) is 17.6 Å². The highest BCUT2D eigenvalue weighted by atomic mass is 19.3. The van der Waals surface area contributed by atoms with E-state index in [9.17, 15) is 13.6 Å². The Hall–Kier alpha value is -2.07. The molecule has 0 bridgehead atoms. The monoisotopic (exact) mass is 255 g/mol. The average molecular weight is 255 g/mol. The Bertz CT molecular complexity index is 498. The molecule has 0 atom stereocenters. The van der Waals surface area contributed by atoms with Crippen LogP contribution < -0.4 is 5.73 Å². The Morgan fingerprint density at radius 2 is 2.33 bits per heavy atom. The van der Waals surface area contributed by atoms with Crippen LogP contribution in [-0.2, 0) is 11.3 Å². The van der Waals surface area contributed by atoms with Crippen molar-refractivity contribution >= 4 is 5.97 Å². The summed E-state index contributed by atoms with van der Waals surface area (Å²) in [4.78, 5) is 15.2. The number of alkyl halides is 2. The van der Waals surface area contributed by atoms with Gasteiger partial charge in [0.15, 0.2) is 0 Å². The van der Waals surface area contributed by atoms with Crippen LogP contribution in [0.15, 0.2) is 6.20 Å². The van der Waals surface area contributed by atoms with Crippen LogP contribution in [0.3, 0.4) is 0 Å². The van der Waals surface area contributed by atoms with Gasteiger partial charge in [0, 0.05) is 23.9 Å². The van der Waals surface area contributed by atoms with Gasteiger partial charge < -0.3 is 10.5 Å². The number of nitriles is 1. The lowest BCUT2D eigenvalue weighted by Crippen LogP contribution is -2.15. The van der Waals surface area contributed by atoms with Gasteiger partial charge in [-0.3, -0.25) is 0 Å². The first-order chi connectivity index (χ1) is 8.56. The van der Waals surface area contributed by atoms with Gasteiger partial charge in [-0.15, -0.1) is 0 Å². The number of nitrogens with zero attached hydrogens (tertiary/aromatic N) is 2. The number of rotatable bonds is 4. The first kappa shape index (κ1) is 14.0. The van der Waals surface area contributed by atoms with E-state index in [0.29, 0.717) is 0 Å². The molecule has 0 aliphatic carbocycles. The number of esters is 1. The molecule has 0 saturated carbocycles. The summed E-state index contributed by atoms with van der Waals surface area (Å²) in [6, 6.07) is 1.66. The molecule has 2 N–H and O–H groups in total. The number of carbonyl (C=O) groups is 1. The Morgan fingerprint density at radius 1 is 1.67 bits per heavy atom. The van der Waals surface area contributed by atoms with Crippen molar-refractivity contribution in [2.75, 3.05) is 6.61 Å². The standard InChI is InChI=1S/C11H11F2N3O2/c1-2-18-11(17)7-5-16-8(4-15)6(3-14)9(7)10(12)13/h5,10H,2-3,14H2,1H3. The molecule has 0 radical (unpaired) electrons. The fraction of sp³-hybridized carbons (Fsp3) is 0.364. The number of hydrogen-bond donors (Lipinski definition) is 1. The van der Waals surface area contributed by atoms with Crippen molar-refractivity contribution in [1.82, 2.24) is 4.98 Å². The van der Waals surface area contributed by atoms with Gasteiger partial charge in [-0.05, 0) is 6.92 Å². The van der Waals surface area contributed by atoms with E-state index in [4.69, 9.17) is 11.0 Å². The largest absolute Gasteiger partial charge is 0.462 e. The van der Waals surface area contributed by atoms with Crippen LogP contribution in [0.5, 0.6) is 0 Å². The minimum absolute atomic E-state index is 0.0550. The van der Waals surface area contributed by atoms with E-state index < -0.39 is 18.0 Å². The quantitative estimate of drug-likeness (QED) is 0.824. The molecule has 1 aromatic rings. The number of ether oxygens (including phenoxy) is 1. The molecule has 0 aliphatic heterocycles. The smallest absolute Gasteiger partial charge is 0.340 e. The van der Waals surface area contributed by atoms with Crippen LogP contribution in [0.25, 0.3) is 0 Å². The number of hydrogen-bond acceptors (Lipinski definition) is 5. The fourth-order valence-electron chi connectivity index (χ4n) is 1.49. The van der Waals surface area contributed by atoms with Gasteiger partial charge in [-0.2, -0.15) is 5.26 Å². The van der Waals surface area contributed by atoms with Crippen molar-refractivity contribution in [2.24, 2.45) is 5.73 Å². The molecule has 0 aliphatic rings. The van der Waals surface area contributed by atoms with Gasteiger partial charge in [0.2, 0.25) is 0 Å². The molecular formula is C11H11F2N3O2. The highest BCUT2D eigenvalue weighted by molar-refractivity contribution is 5.91. The molecule has 5 nitrogen and oxygen atoms in total. The lowest BCUT2D eigenvalue weighted by molar-refractivity contribution is 0.0514. The predicted molar refractivity (Wildman–Crippen MR) is 57.8 cm³/mol. The van der Waals surface area contributed by atoms with Crippen molar-refractivity contribution in [3.8, 4) is 6.07 Å². The molecule has 0 aromatic carbocycles. The Labute approximate surface area is 102 Å². The zero-order valence-electron chi connectivity index (χ0n) is 9.61. The van der Waals surface area contributed by atoms with Gasteiger partial charge >= 0.3 is 5.97 Å². The van der Waals surface area contributed by atoms with Crippen molar-refractivity contribution in [2.45, 2.75) is 19.9 Å². The van der Waals surface area contributed by atoms with Crippen molar-refractivity contribution < 1.29 is 18.3 Å². The van der Waals surface area contributed by atoms with E-state index in [-0.39, 0.29) is 30.0 Å². The van der Waals surface area contributed by atoms with Crippen molar-refractivity contribution in [3.05, 3.63) is 28.6 Å². The second-order valence-electron chi connectivity index (χ2n) is 3.25. The Kier molecular flexibility index (Phi) is 4.68. The zero-order valence-corrected chi connectivity index (χ0v) is 9.61. The predicted octanol–water partition coefficient (Wildman–Crippen LogP) is 1.53. The van der Waals surface area contributed by atoms with Gasteiger partial charge in [-0.1, -0.05) is 0 Å². The first-order valence-electron chi connectivity index (χ1n) is 5.14. The number of halogens is 2. The fourth-order valence-corrected chi connectivity index (χ4v) is 1.49. The first-order valence-corrected chi connectivity index (χ1v) is 5.14.